The minimum Gasteiger partial charge on any atom is -0.383 e. The zero-order valence-corrected chi connectivity index (χ0v) is 14.4. The molecule has 120 valence electrons. The van der Waals surface area contributed by atoms with Crippen molar-refractivity contribution in [3.63, 3.8) is 0 Å². The number of methoxy groups -OCH3 is 2. The Balaban J connectivity index is 3.00. The fourth-order valence-electron chi connectivity index (χ4n) is 2.40. The summed E-state index contributed by atoms with van der Waals surface area (Å²) in [6, 6.07) is 5.19. The van der Waals surface area contributed by atoms with Crippen molar-refractivity contribution in [2.24, 2.45) is 5.73 Å². The second-order valence-corrected chi connectivity index (χ2v) is 5.81. The zero-order valence-electron chi connectivity index (χ0n) is 12.8. The highest BCUT2D eigenvalue weighted by Gasteiger charge is 2.24. The zero-order chi connectivity index (χ0) is 15.8. The molecule has 0 radical (unpaired) electrons. The third-order valence-corrected chi connectivity index (χ3v) is 4.09. The molecule has 0 aliphatic heterocycles. The Labute approximate surface area is 134 Å². The Morgan fingerprint density at radius 1 is 1.33 bits per heavy atom. The van der Waals surface area contributed by atoms with Crippen LogP contribution >= 0.6 is 15.9 Å². The summed E-state index contributed by atoms with van der Waals surface area (Å²) in [6.45, 7) is 4.46. The van der Waals surface area contributed by atoms with Crippen molar-refractivity contribution in [2.45, 2.75) is 19.0 Å². The summed E-state index contributed by atoms with van der Waals surface area (Å²) in [5, 5.41) is 0. The Bertz CT molecular complexity index is 434. The smallest absolute Gasteiger partial charge is 0.137 e. The molecule has 21 heavy (non-hydrogen) atoms. The van der Waals surface area contributed by atoms with Gasteiger partial charge in [-0.2, -0.15) is 0 Å². The van der Waals surface area contributed by atoms with E-state index in [4.69, 9.17) is 15.2 Å². The number of ether oxygens (including phenoxy) is 2. The lowest BCUT2D eigenvalue weighted by Crippen LogP contribution is -2.44. The molecule has 2 N–H and O–H groups in total. The first-order valence-electron chi connectivity index (χ1n) is 6.93. The van der Waals surface area contributed by atoms with Gasteiger partial charge in [-0.3, -0.25) is 4.90 Å². The SMILES string of the molecule is COCCN(C(C)COC)C(CN)c1ccc(F)c(Br)c1. The molecule has 0 aliphatic rings. The molecule has 4 nitrogen and oxygen atoms in total. The second kappa shape index (κ2) is 9.48. The van der Waals surface area contributed by atoms with Gasteiger partial charge in [-0.1, -0.05) is 6.07 Å². The van der Waals surface area contributed by atoms with Crippen LogP contribution in [0.15, 0.2) is 22.7 Å². The molecule has 0 spiro atoms. The lowest BCUT2D eigenvalue weighted by molar-refractivity contribution is 0.0486. The van der Waals surface area contributed by atoms with Crippen LogP contribution < -0.4 is 5.73 Å². The van der Waals surface area contributed by atoms with Crippen molar-refractivity contribution in [3.05, 3.63) is 34.1 Å². The average molecular weight is 363 g/mol. The van der Waals surface area contributed by atoms with Crippen LogP contribution in [0.4, 0.5) is 4.39 Å². The van der Waals surface area contributed by atoms with E-state index < -0.39 is 0 Å². The molecule has 0 heterocycles. The lowest BCUT2D eigenvalue weighted by atomic mass is 10.0. The summed E-state index contributed by atoms with van der Waals surface area (Å²) in [6.07, 6.45) is 0. The van der Waals surface area contributed by atoms with Gasteiger partial charge in [-0.25, -0.2) is 4.39 Å². The number of benzene rings is 1. The van der Waals surface area contributed by atoms with Gasteiger partial charge in [-0.05, 0) is 40.5 Å². The van der Waals surface area contributed by atoms with Crippen LogP contribution in [0.25, 0.3) is 0 Å². The Kier molecular flexibility index (Phi) is 8.36. The molecule has 1 aromatic carbocycles. The maximum Gasteiger partial charge on any atom is 0.137 e. The van der Waals surface area contributed by atoms with Crippen molar-refractivity contribution in [3.8, 4) is 0 Å². The van der Waals surface area contributed by atoms with E-state index in [0.29, 0.717) is 24.2 Å². The third kappa shape index (κ3) is 5.30. The van der Waals surface area contributed by atoms with E-state index in [1.165, 1.54) is 6.07 Å². The number of nitrogens with zero attached hydrogens (tertiary/aromatic N) is 1. The normalized spacial score (nSPS) is 14.4. The number of nitrogens with two attached hydrogens (primary N) is 1. The quantitative estimate of drug-likeness (QED) is 0.733. The van der Waals surface area contributed by atoms with E-state index in [9.17, 15) is 4.39 Å². The highest BCUT2D eigenvalue weighted by Crippen LogP contribution is 2.26. The molecule has 0 aromatic heterocycles. The Morgan fingerprint density at radius 3 is 2.57 bits per heavy atom. The van der Waals surface area contributed by atoms with E-state index in [1.54, 1.807) is 26.4 Å². The Hall–Kier alpha value is -0.530. The number of rotatable bonds is 9. The van der Waals surface area contributed by atoms with Crippen molar-refractivity contribution in [1.29, 1.82) is 0 Å². The van der Waals surface area contributed by atoms with Gasteiger partial charge in [0, 0.05) is 39.4 Å². The van der Waals surface area contributed by atoms with Gasteiger partial charge in [0.25, 0.3) is 0 Å². The highest BCUT2D eigenvalue weighted by atomic mass is 79.9. The largest absolute Gasteiger partial charge is 0.383 e. The average Bonchev–Trinajstić information content (AvgIpc) is 2.47. The molecular weight excluding hydrogens is 339 g/mol. The van der Waals surface area contributed by atoms with Crippen LogP contribution in [0.1, 0.15) is 18.5 Å². The van der Waals surface area contributed by atoms with Gasteiger partial charge < -0.3 is 15.2 Å². The van der Waals surface area contributed by atoms with E-state index in [1.807, 2.05) is 0 Å². The van der Waals surface area contributed by atoms with Crippen molar-refractivity contribution >= 4 is 15.9 Å². The maximum atomic E-state index is 13.4. The fourth-order valence-corrected chi connectivity index (χ4v) is 2.80. The molecule has 1 rings (SSSR count). The van der Waals surface area contributed by atoms with Gasteiger partial charge in [0.1, 0.15) is 5.82 Å². The first-order valence-corrected chi connectivity index (χ1v) is 7.73. The molecule has 1 aromatic rings. The second-order valence-electron chi connectivity index (χ2n) is 4.96. The molecule has 0 amide bonds. The van der Waals surface area contributed by atoms with E-state index in [0.717, 1.165) is 12.1 Å². The van der Waals surface area contributed by atoms with Crippen LogP contribution in [-0.2, 0) is 9.47 Å². The molecule has 0 saturated carbocycles. The van der Waals surface area contributed by atoms with Gasteiger partial charge in [0.2, 0.25) is 0 Å². The van der Waals surface area contributed by atoms with Crippen LogP contribution in [0.5, 0.6) is 0 Å². The molecule has 2 atom stereocenters. The summed E-state index contributed by atoms with van der Waals surface area (Å²) in [4.78, 5) is 2.23. The number of hydrogen-bond donors (Lipinski definition) is 1. The first kappa shape index (κ1) is 18.5. The molecule has 6 heteroatoms. The summed E-state index contributed by atoms with van der Waals surface area (Å²) >= 11 is 3.23. The molecule has 0 aliphatic carbocycles. The number of halogens is 2. The van der Waals surface area contributed by atoms with Crippen LogP contribution in [-0.4, -0.2) is 51.5 Å². The third-order valence-electron chi connectivity index (χ3n) is 3.48. The summed E-state index contributed by atoms with van der Waals surface area (Å²) in [5.41, 5.74) is 6.94. The molecule has 0 bridgehead atoms. The van der Waals surface area contributed by atoms with E-state index >= 15 is 0 Å². The molecule has 0 fully saturated rings. The topological polar surface area (TPSA) is 47.7 Å². The van der Waals surface area contributed by atoms with Gasteiger partial charge >= 0.3 is 0 Å². The Morgan fingerprint density at radius 2 is 2.05 bits per heavy atom. The van der Waals surface area contributed by atoms with Crippen molar-refractivity contribution < 1.29 is 13.9 Å². The minimum atomic E-state index is -0.275. The van der Waals surface area contributed by atoms with Crippen molar-refractivity contribution in [1.82, 2.24) is 4.90 Å². The van der Waals surface area contributed by atoms with Crippen LogP contribution in [0.3, 0.4) is 0 Å². The molecule has 2 unspecified atom stereocenters. The molecular formula is C15H24BrFN2O2. The lowest BCUT2D eigenvalue weighted by Gasteiger charge is -2.36. The summed E-state index contributed by atoms with van der Waals surface area (Å²) in [5.74, 6) is -0.275. The van der Waals surface area contributed by atoms with E-state index in [-0.39, 0.29) is 17.9 Å². The van der Waals surface area contributed by atoms with Gasteiger partial charge in [0.05, 0.1) is 17.7 Å². The molecule has 0 saturated heterocycles. The van der Waals surface area contributed by atoms with Crippen LogP contribution in [0, 0.1) is 5.82 Å². The van der Waals surface area contributed by atoms with Gasteiger partial charge in [-0.15, -0.1) is 0 Å². The summed E-state index contributed by atoms with van der Waals surface area (Å²) < 4.78 is 24.3. The number of hydrogen-bond acceptors (Lipinski definition) is 4. The van der Waals surface area contributed by atoms with Gasteiger partial charge in [0.15, 0.2) is 0 Å². The highest BCUT2D eigenvalue weighted by molar-refractivity contribution is 9.10. The van der Waals surface area contributed by atoms with Crippen LogP contribution in [0.2, 0.25) is 0 Å². The monoisotopic (exact) mass is 362 g/mol. The maximum absolute atomic E-state index is 13.4. The first-order chi connectivity index (χ1) is 10.0. The predicted octanol–water partition coefficient (Wildman–Crippen LogP) is 2.57. The van der Waals surface area contributed by atoms with E-state index in [2.05, 4.69) is 27.8 Å². The standard InChI is InChI=1S/C15H24BrFN2O2/c1-11(10-21-3)19(6-7-20-2)15(9-18)12-4-5-14(17)13(16)8-12/h4-5,8,11,15H,6-7,9-10,18H2,1-3H3. The fraction of sp³-hybridized carbons (Fsp3) is 0.600. The minimum absolute atomic E-state index is 0.0119. The summed E-state index contributed by atoms with van der Waals surface area (Å²) in [7, 11) is 3.35. The predicted molar refractivity (Wildman–Crippen MR) is 85.8 cm³/mol. The van der Waals surface area contributed by atoms with Crippen molar-refractivity contribution in [2.75, 3.05) is 40.5 Å².